The highest BCUT2D eigenvalue weighted by molar-refractivity contribution is 5.94. The van der Waals surface area contributed by atoms with Gasteiger partial charge in [-0.1, -0.05) is 17.3 Å². The van der Waals surface area contributed by atoms with Crippen molar-refractivity contribution in [2.45, 2.75) is 32.9 Å². The van der Waals surface area contributed by atoms with E-state index in [1.165, 1.54) is 0 Å². The molecule has 0 fully saturated rings. The Morgan fingerprint density at radius 1 is 1.29 bits per heavy atom. The first kappa shape index (κ1) is 20.2. The lowest BCUT2D eigenvalue weighted by molar-refractivity contribution is -0.137. The van der Waals surface area contributed by atoms with Gasteiger partial charge in [0.25, 0.3) is 5.89 Å². The van der Waals surface area contributed by atoms with Crippen LogP contribution in [0.25, 0.3) is 33.7 Å². The standard InChI is InChI=1S/C23H20N4O4/c1-14(2)30-20-7-6-15(12-16(20)13-24)23-25-22(26-31-23)18-4-3-5-19-17(18)8-10-27(19)11-9-21(28)29/h3-8,10,12,14H,9,11H2,1-2H3,(H,28,29). The van der Waals surface area contributed by atoms with Crippen LogP contribution in [0.1, 0.15) is 25.8 Å². The van der Waals surface area contributed by atoms with Crippen LogP contribution in [0.5, 0.6) is 5.75 Å². The summed E-state index contributed by atoms with van der Waals surface area (Å²) in [4.78, 5) is 15.4. The Morgan fingerprint density at radius 3 is 2.87 bits per heavy atom. The van der Waals surface area contributed by atoms with E-state index in [4.69, 9.17) is 14.4 Å². The Hall–Kier alpha value is -4.12. The van der Waals surface area contributed by atoms with Crippen LogP contribution in [-0.4, -0.2) is 31.9 Å². The molecule has 0 atom stereocenters. The summed E-state index contributed by atoms with van der Waals surface area (Å²) in [5, 5.41) is 23.4. The zero-order valence-corrected chi connectivity index (χ0v) is 17.1. The highest BCUT2D eigenvalue weighted by Gasteiger charge is 2.16. The zero-order valence-electron chi connectivity index (χ0n) is 17.1. The van der Waals surface area contributed by atoms with E-state index in [9.17, 15) is 10.1 Å². The van der Waals surface area contributed by atoms with Crippen LogP contribution in [0.3, 0.4) is 0 Å². The number of ether oxygens (including phenoxy) is 1. The molecule has 4 aromatic rings. The first-order chi connectivity index (χ1) is 15.0. The summed E-state index contributed by atoms with van der Waals surface area (Å²) in [5.41, 5.74) is 2.69. The highest BCUT2D eigenvalue weighted by atomic mass is 16.5. The van der Waals surface area contributed by atoms with Crippen LogP contribution in [-0.2, 0) is 11.3 Å². The molecule has 0 spiro atoms. The van der Waals surface area contributed by atoms with Crippen LogP contribution in [0.2, 0.25) is 0 Å². The molecule has 0 amide bonds. The molecule has 2 aromatic heterocycles. The van der Waals surface area contributed by atoms with Crippen LogP contribution < -0.4 is 4.74 Å². The number of rotatable bonds is 7. The summed E-state index contributed by atoms with van der Waals surface area (Å²) in [6.07, 6.45) is 1.85. The number of hydrogen-bond donors (Lipinski definition) is 1. The Bertz CT molecular complexity index is 1300. The van der Waals surface area contributed by atoms with Gasteiger partial charge < -0.3 is 18.9 Å². The van der Waals surface area contributed by atoms with Gasteiger partial charge in [0.05, 0.1) is 18.1 Å². The Kier molecular flexibility index (Phi) is 5.41. The number of benzene rings is 2. The first-order valence-corrected chi connectivity index (χ1v) is 9.81. The molecule has 0 radical (unpaired) electrons. The molecular formula is C23H20N4O4. The van der Waals surface area contributed by atoms with E-state index in [0.29, 0.717) is 35.1 Å². The lowest BCUT2D eigenvalue weighted by Crippen LogP contribution is -2.06. The SMILES string of the molecule is CC(C)Oc1ccc(-c2nc(-c3cccc4c3ccn4CCC(=O)O)no2)cc1C#N. The van der Waals surface area contributed by atoms with Crippen LogP contribution in [0.15, 0.2) is 53.2 Å². The minimum Gasteiger partial charge on any atom is -0.490 e. The Balaban J connectivity index is 1.67. The fourth-order valence-electron chi connectivity index (χ4n) is 3.39. The topological polar surface area (TPSA) is 114 Å². The quantitative estimate of drug-likeness (QED) is 0.472. The second kappa shape index (κ2) is 8.32. The maximum atomic E-state index is 10.9. The average Bonchev–Trinajstić information content (AvgIpc) is 3.39. The molecule has 31 heavy (non-hydrogen) atoms. The summed E-state index contributed by atoms with van der Waals surface area (Å²) in [7, 11) is 0. The van der Waals surface area contributed by atoms with Crippen molar-refractivity contribution < 1.29 is 19.2 Å². The first-order valence-electron chi connectivity index (χ1n) is 9.81. The highest BCUT2D eigenvalue weighted by Crippen LogP contribution is 2.31. The van der Waals surface area contributed by atoms with Crippen molar-refractivity contribution in [3.63, 3.8) is 0 Å². The number of nitriles is 1. The van der Waals surface area contributed by atoms with Gasteiger partial charge in [0.1, 0.15) is 11.8 Å². The summed E-state index contributed by atoms with van der Waals surface area (Å²) in [6.45, 7) is 4.17. The molecule has 4 rings (SSSR count). The minimum absolute atomic E-state index is 0.0398. The van der Waals surface area contributed by atoms with Gasteiger partial charge >= 0.3 is 5.97 Å². The van der Waals surface area contributed by atoms with E-state index in [0.717, 1.165) is 16.5 Å². The van der Waals surface area contributed by atoms with E-state index in [-0.39, 0.29) is 12.5 Å². The molecular weight excluding hydrogens is 396 g/mol. The van der Waals surface area contributed by atoms with E-state index in [1.54, 1.807) is 18.2 Å². The molecule has 156 valence electrons. The van der Waals surface area contributed by atoms with E-state index >= 15 is 0 Å². The number of aryl methyl sites for hydroxylation is 1. The molecule has 2 heterocycles. The Labute approximate surface area is 178 Å². The summed E-state index contributed by atoms with van der Waals surface area (Å²) in [6, 6.07) is 14.9. The molecule has 0 aliphatic carbocycles. The van der Waals surface area contributed by atoms with Gasteiger partial charge in [-0.15, -0.1) is 0 Å². The lowest BCUT2D eigenvalue weighted by atomic mass is 10.1. The smallest absolute Gasteiger partial charge is 0.305 e. The molecule has 8 nitrogen and oxygen atoms in total. The van der Waals surface area contributed by atoms with Gasteiger partial charge in [0.15, 0.2) is 0 Å². The molecule has 0 bridgehead atoms. The summed E-state index contributed by atoms with van der Waals surface area (Å²) >= 11 is 0. The van der Waals surface area contributed by atoms with Crippen molar-refractivity contribution in [1.82, 2.24) is 14.7 Å². The molecule has 0 saturated heterocycles. The summed E-state index contributed by atoms with van der Waals surface area (Å²) in [5.74, 6) is 0.373. The van der Waals surface area contributed by atoms with Gasteiger partial charge in [-0.25, -0.2) is 0 Å². The van der Waals surface area contributed by atoms with Crippen molar-refractivity contribution in [1.29, 1.82) is 5.26 Å². The number of nitrogens with zero attached hydrogens (tertiary/aromatic N) is 4. The molecule has 0 saturated carbocycles. The minimum atomic E-state index is -0.845. The van der Waals surface area contributed by atoms with Crippen LogP contribution in [0.4, 0.5) is 0 Å². The normalized spacial score (nSPS) is 11.0. The van der Waals surface area contributed by atoms with Crippen molar-refractivity contribution >= 4 is 16.9 Å². The predicted octanol–water partition coefficient (Wildman–Crippen LogP) is 4.49. The monoisotopic (exact) mass is 416 g/mol. The molecule has 1 N–H and O–H groups in total. The number of carboxylic acid groups (broad SMARTS) is 1. The van der Waals surface area contributed by atoms with E-state index in [1.807, 2.05) is 48.9 Å². The largest absolute Gasteiger partial charge is 0.490 e. The maximum absolute atomic E-state index is 10.9. The van der Waals surface area contributed by atoms with Crippen molar-refractivity contribution in [2.75, 3.05) is 0 Å². The number of aliphatic carboxylic acids is 1. The third-order valence-electron chi connectivity index (χ3n) is 4.76. The molecule has 0 aliphatic rings. The van der Waals surface area contributed by atoms with Gasteiger partial charge in [0.2, 0.25) is 5.82 Å². The van der Waals surface area contributed by atoms with E-state index in [2.05, 4.69) is 16.2 Å². The van der Waals surface area contributed by atoms with Gasteiger partial charge in [-0.05, 0) is 44.2 Å². The zero-order chi connectivity index (χ0) is 22.0. The number of carboxylic acids is 1. The number of aromatic nitrogens is 3. The fourth-order valence-corrected chi connectivity index (χ4v) is 3.39. The van der Waals surface area contributed by atoms with Gasteiger partial charge in [0, 0.05) is 34.8 Å². The second-order valence-electron chi connectivity index (χ2n) is 7.30. The van der Waals surface area contributed by atoms with Crippen LogP contribution in [0, 0.1) is 11.3 Å². The fraction of sp³-hybridized carbons (Fsp3) is 0.217. The molecule has 0 aliphatic heterocycles. The Morgan fingerprint density at radius 2 is 2.13 bits per heavy atom. The maximum Gasteiger partial charge on any atom is 0.305 e. The molecule has 2 aromatic carbocycles. The lowest BCUT2D eigenvalue weighted by Gasteiger charge is -2.11. The third-order valence-corrected chi connectivity index (χ3v) is 4.76. The van der Waals surface area contributed by atoms with Crippen molar-refractivity contribution in [3.8, 4) is 34.7 Å². The second-order valence-corrected chi connectivity index (χ2v) is 7.30. The predicted molar refractivity (Wildman–Crippen MR) is 113 cm³/mol. The van der Waals surface area contributed by atoms with Crippen molar-refractivity contribution in [2.24, 2.45) is 0 Å². The molecule has 8 heteroatoms. The third kappa shape index (κ3) is 4.12. The van der Waals surface area contributed by atoms with Crippen molar-refractivity contribution in [3.05, 3.63) is 54.2 Å². The van der Waals surface area contributed by atoms with Gasteiger partial charge in [-0.2, -0.15) is 10.2 Å². The number of hydrogen-bond acceptors (Lipinski definition) is 6. The van der Waals surface area contributed by atoms with Gasteiger partial charge in [-0.3, -0.25) is 4.79 Å². The average molecular weight is 416 g/mol. The van der Waals surface area contributed by atoms with E-state index < -0.39 is 5.97 Å². The summed E-state index contributed by atoms with van der Waals surface area (Å²) < 4.78 is 13.0. The number of fused-ring (bicyclic) bond motifs is 1. The number of carbonyl (C=O) groups is 1. The van der Waals surface area contributed by atoms with Crippen LogP contribution >= 0.6 is 0 Å². The molecule has 0 unspecified atom stereocenters.